The van der Waals surface area contributed by atoms with E-state index in [0.29, 0.717) is 18.5 Å². The van der Waals surface area contributed by atoms with Crippen molar-refractivity contribution >= 4 is 11.6 Å². The van der Waals surface area contributed by atoms with E-state index in [0.717, 1.165) is 30.5 Å². The van der Waals surface area contributed by atoms with Crippen LogP contribution in [-0.2, 0) is 12.7 Å². The maximum Gasteiger partial charge on any atom is 0.416 e. The Labute approximate surface area is 110 Å². The summed E-state index contributed by atoms with van der Waals surface area (Å²) in [5.41, 5.74) is 0.232. The molecule has 0 aliphatic rings. The Bertz CT molecular complexity index is 348. The maximum atomic E-state index is 12.4. The summed E-state index contributed by atoms with van der Waals surface area (Å²) < 4.78 is 37.1. The Morgan fingerprint density at radius 1 is 1.22 bits per heavy atom. The van der Waals surface area contributed by atoms with Gasteiger partial charge in [-0.15, -0.1) is 11.6 Å². The quantitative estimate of drug-likeness (QED) is 0.770. The summed E-state index contributed by atoms with van der Waals surface area (Å²) in [6.45, 7) is 2.62. The van der Waals surface area contributed by atoms with Gasteiger partial charge < -0.3 is 5.32 Å². The lowest BCUT2D eigenvalue weighted by molar-refractivity contribution is -0.137. The Hall–Kier alpha value is -0.740. The molecule has 1 unspecified atom stereocenters. The van der Waals surface area contributed by atoms with E-state index in [1.165, 1.54) is 12.1 Å². The molecule has 1 aromatic rings. The monoisotopic (exact) mass is 279 g/mol. The highest BCUT2D eigenvalue weighted by Gasteiger charge is 2.29. The second-order valence-corrected chi connectivity index (χ2v) is 4.54. The number of hydrogen-bond acceptors (Lipinski definition) is 1. The smallest absolute Gasteiger partial charge is 0.310 e. The minimum absolute atomic E-state index is 0.310. The van der Waals surface area contributed by atoms with Gasteiger partial charge in [-0.25, -0.2) is 0 Å². The summed E-state index contributed by atoms with van der Waals surface area (Å²) in [4.78, 5) is 0. The summed E-state index contributed by atoms with van der Waals surface area (Å²) in [7, 11) is 0. The first-order chi connectivity index (χ1) is 8.47. The predicted octanol–water partition coefficient (Wildman–Crippen LogP) is 4.20. The van der Waals surface area contributed by atoms with Crippen LogP contribution < -0.4 is 5.32 Å². The van der Waals surface area contributed by atoms with Gasteiger partial charge in [0, 0.05) is 18.5 Å². The minimum atomic E-state index is -4.27. The molecule has 0 aromatic heterocycles. The molecule has 0 heterocycles. The van der Waals surface area contributed by atoms with Crippen molar-refractivity contribution in [2.24, 2.45) is 0 Å². The molecule has 1 N–H and O–H groups in total. The van der Waals surface area contributed by atoms with Crippen molar-refractivity contribution in [2.45, 2.75) is 38.5 Å². The number of alkyl halides is 4. The molecule has 0 saturated heterocycles. The Kier molecular flexibility index (Phi) is 5.96. The lowest BCUT2D eigenvalue weighted by Gasteiger charge is -2.15. The molecule has 18 heavy (non-hydrogen) atoms. The molecule has 0 bridgehead atoms. The van der Waals surface area contributed by atoms with Gasteiger partial charge in [-0.05, 0) is 30.5 Å². The van der Waals surface area contributed by atoms with Crippen LogP contribution in [0.5, 0.6) is 0 Å². The highest BCUT2D eigenvalue weighted by molar-refractivity contribution is 6.17. The van der Waals surface area contributed by atoms with Crippen molar-refractivity contribution in [3.63, 3.8) is 0 Å². The average Bonchev–Trinajstić information content (AvgIpc) is 2.34. The Morgan fingerprint density at radius 2 is 1.83 bits per heavy atom. The van der Waals surface area contributed by atoms with Crippen LogP contribution in [0.2, 0.25) is 0 Å². The van der Waals surface area contributed by atoms with Gasteiger partial charge in [-0.1, -0.05) is 19.1 Å². The van der Waals surface area contributed by atoms with E-state index in [9.17, 15) is 13.2 Å². The number of nitrogens with one attached hydrogen (secondary N) is 1. The van der Waals surface area contributed by atoms with Gasteiger partial charge in [0.15, 0.2) is 0 Å². The molecule has 102 valence electrons. The second-order valence-electron chi connectivity index (χ2n) is 4.16. The van der Waals surface area contributed by atoms with Gasteiger partial charge >= 0.3 is 6.18 Å². The van der Waals surface area contributed by atoms with Crippen LogP contribution in [-0.4, -0.2) is 11.9 Å². The average molecular weight is 280 g/mol. The first kappa shape index (κ1) is 15.3. The Balaban J connectivity index is 2.53. The van der Waals surface area contributed by atoms with E-state index in [4.69, 9.17) is 11.6 Å². The number of rotatable bonds is 6. The minimum Gasteiger partial charge on any atom is -0.310 e. The summed E-state index contributed by atoms with van der Waals surface area (Å²) in [5, 5.41) is 3.28. The van der Waals surface area contributed by atoms with Crippen LogP contribution in [0.4, 0.5) is 13.2 Å². The van der Waals surface area contributed by atoms with E-state index in [-0.39, 0.29) is 0 Å². The summed E-state index contributed by atoms with van der Waals surface area (Å²) in [6, 6.07) is 5.54. The summed E-state index contributed by atoms with van der Waals surface area (Å²) in [5.74, 6) is 0.582. The third-order valence-corrected chi connectivity index (χ3v) is 3.04. The molecule has 1 nitrogen and oxygen atoms in total. The maximum absolute atomic E-state index is 12.4. The highest BCUT2D eigenvalue weighted by atomic mass is 35.5. The Morgan fingerprint density at radius 3 is 2.28 bits per heavy atom. The fourth-order valence-electron chi connectivity index (χ4n) is 1.66. The van der Waals surface area contributed by atoms with Gasteiger partial charge in [-0.2, -0.15) is 13.2 Å². The summed E-state index contributed by atoms with van der Waals surface area (Å²) >= 11 is 5.66. The molecular formula is C13H17ClF3N. The standard InChI is InChI=1S/C13H17ClF3N/c1-2-12(7-8-14)18-9-10-3-5-11(6-4-10)13(15,16)17/h3-6,12,18H,2,7-9H2,1H3. The fraction of sp³-hybridized carbons (Fsp3) is 0.538. The molecule has 0 spiro atoms. The normalized spacial score (nSPS) is 13.6. The number of benzene rings is 1. The molecule has 1 atom stereocenters. The molecule has 0 radical (unpaired) electrons. The fourth-order valence-corrected chi connectivity index (χ4v) is 1.92. The lowest BCUT2D eigenvalue weighted by Crippen LogP contribution is -2.28. The van der Waals surface area contributed by atoms with Crippen LogP contribution in [0.3, 0.4) is 0 Å². The van der Waals surface area contributed by atoms with Crippen molar-refractivity contribution in [1.82, 2.24) is 5.32 Å². The zero-order valence-corrected chi connectivity index (χ0v) is 11.0. The van der Waals surface area contributed by atoms with Crippen LogP contribution >= 0.6 is 11.6 Å². The van der Waals surface area contributed by atoms with Gasteiger partial charge in [-0.3, -0.25) is 0 Å². The van der Waals surface area contributed by atoms with E-state index < -0.39 is 11.7 Å². The van der Waals surface area contributed by atoms with Gasteiger partial charge in [0.25, 0.3) is 0 Å². The molecule has 0 amide bonds. The van der Waals surface area contributed by atoms with Crippen LogP contribution in [0, 0.1) is 0 Å². The molecule has 0 aliphatic heterocycles. The van der Waals surface area contributed by atoms with Gasteiger partial charge in [0.05, 0.1) is 5.56 Å². The number of halogens is 4. The van der Waals surface area contributed by atoms with Crippen molar-refractivity contribution < 1.29 is 13.2 Å². The van der Waals surface area contributed by atoms with E-state index >= 15 is 0 Å². The molecule has 0 aliphatic carbocycles. The van der Waals surface area contributed by atoms with Crippen molar-refractivity contribution in [3.05, 3.63) is 35.4 Å². The first-order valence-corrected chi connectivity index (χ1v) is 6.46. The third-order valence-electron chi connectivity index (χ3n) is 2.83. The number of hydrogen-bond donors (Lipinski definition) is 1. The highest BCUT2D eigenvalue weighted by Crippen LogP contribution is 2.29. The largest absolute Gasteiger partial charge is 0.416 e. The van der Waals surface area contributed by atoms with Crippen molar-refractivity contribution in [1.29, 1.82) is 0 Å². The van der Waals surface area contributed by atoms with Crippen molar-refractivity contribution in [3.8, 4) is 0 Å². The predicted molar refractivity (Wildman–Crippen MR) is 67.7 cm³/mol. The van der Waals surface area contributed by atoms with E-state index in [1.54, 1.807) is 0 Å². The first-order valence-electron chi connectivity index (χ1n) is 5.92. The van der Waals surface area contributed by atoms with Crippen LogP contribution in [0.15, 0.2) is 24.3 Å². The lowest BCUT2D eigenvalue weighted by atomic mass is 10.1. The van der Waals surface area contributed by atoms with Gasteiger partial charge in [0.1, 0.15) is 0 Å². The van der Waals surface area contributed by atoms with Crippen LogP contribution in [0.25, 0.3) is 0 Å². The zero-order valence-electron chi connectivity index (χ0n) is 10.2. The molecular weight excluding hydrogens is 263 g/mol. The van der Waals surface area contributed by atoms with Gasteiger partial charge in [0.2, 0.25) is 0 Å². The van der Waals surface area contributed by atoms with Crippen molar-refractivity contribution in [2.75, 3.05) is 5.88 Å². The third kappa shape index (κ3) is 4.86. The topological polar surface area (TPSA) is 12.0 Å². The van der Waals surface area contributed by atoms with Crippen LogP contribution in [0.1, 0.15) is 30.9 Å². The molecule has 0 saturated carbocycles. The van der Waals surface area contributed by atoms with E-state index in [2.05, 4.69) is 12.2 Å². The molecule has 1 aromatic carbocycles. The second kappa shape index (κ2) is 7.00. The molecule has 0 fully saturated rings. The van der Waals surface area contributed by atoms with E-state index in [1.807, 2.05) is 0 Å². The molecule has 1 rings (SSSR count). The molecule has 5 heteroatoms. The summed E-state index contributed by atoms with van der Waals surface area (Å²) in [6.07, 6.45) is -2.46. The zero-order chi connectivity index (χ0) is 13.6. The SMILES string of the molecule is CCC(CCCl)NCc1ccc(C(F)(F)F)cc1.